The molecule has 0 spiro atoms. The van der Waals surface area contributed by atoms with Crippen LogP contribution in [0, 0.1) is 0 Å². The van der Waals surface area contributed by atoms with E-state index in [2.05, 4.69) is 0 Å². The summed E-state index contributed by atoms with van der Waals surface area (Å²) in [6.07, 6.45) is 1.13. The Bertz CT molecular complexity index is 729. The molecule has 5 heteroatoms. The van der Waals surface area contributed by atoms with Gasteiger partial charge in [0.1, 0.15) is 11.5 Å². The number of phenolic OH excluding ortho intramolecular Hbond substituents is 1. The molecule has 26 heavy (non-hydrogen) atoms. The maximum Gasteiger partial charge on any atom is 0.222 e. The predicted molar refractivity (Wildman–Crippen MR) is 106 cm³/mol. The van der Waals surface area contributed by atoms with Gasteiger partial charge in [-0.15, -0.1) is 0 Å². The summed E-state index contributed by atoms with van der Waals surface area (Å²) in [6.45, 7) is 1.67. The zero-order valence-electron chi connectivity index (χ0n) is 15.1. The Balaban J connectivity index is 1.81. The minimum atomic E-state index is -0.0468. The lowest BCUT2D eigenvalue weighted by Gasteiger charge is -2.27. The number of benzene rings is 2. The van der Waals surface area contributed by atoms with Gasteiger partial charge >= 0.3 is 0 Å². The van der Waals surface area contributed by atoms with Gasteiger partial charge in [-0.05, 0) is 30.2 Å². The van der Waals surface area contributed by atoms with Crippen LogP contribution in [0.1, 0.15) is 29.9 Å². The number of rotatable bonds is 6. The largest absolute Gasteiger partial charge is 0.508 e. The van der Waals surface area contributed by atoms with Gasteiger partial charge in [0.15, 0.2) is 0 Å². The average Bonchev–Trinajstić information content (AvgIpc) is 2.70. The highest BCUT2D eigenvalue weighted by molar-refractivity contribution is 7.99. The van der Waals surface area contributed by atoms with Gasteiger partial charge in [-0.25, -0.2) is 0 Å². The fourth-order valence-electron chi connectivity index (χ4n) is 3.36. The van der Waals surface area contributed by atoms with Gasteiger partial charge in [-0.3, -0.25) is 4.79 Å². The summed E-state index contributed by atoms with van der Waals surface area (Å²) in [5, 5.41) is 10.4. The van der Waals surface area contributed by atoms with Crippen molar-refractivity contribution in [1.82, 2.24) is 4.90 Å². The second-order valence-electron chi connectivity index (χ2n) is 6.42. The number of methoxy groups -OCH3 is 1. The average molecular weight is 372 g/mol. The number of hydrogen-bond acceptors (Lipinski definition) is 4. The van der Waals surface area contributed by atoms with Crippen molar-refractivity contribution < 1.29 is 14.6 Å². The van der Waals surface area contributed by atoms with E-state index in [-0.39, 0.29) is 17.6 Å². The first-order chi connectivity index (χ1) is 12.7. The third kappa shape index (κ3) is 4.52. The minimum Gasteiger partial charge on any atom is -0.508 e. The molecule has 0 saturated carbocycles. The van der Waals surface area contributed by atoms with Crippen LogP contribution in [0.2, 0.25) is 0 Å². The van der Waals surface area contributed by atoms with E-state index in [0.29, 0.717) is 18.6 Å². The first kappa shape index (κ1) is 18.6. The number of hydrogen-bond donors (Lipinski definition) is 1. The molecular weight excluding hydrogens is 346 g/mol. The number of nitrogens with zero attached hydrogens (tertiary/aromatic N) is 1. The third-order valence-electron chi connectivity index (χ3n) is 4.82. The van der Waals surface area contributed by atoms with Crippen molar-refractivity contribution in [3.05, 3.63) is 59.7 Å². The van der Waals surface area contributed by atoms with Crippen LogP contribution in [0.15, 0.2) is 48.5 Å². The Labute approximate surface area is 159 Å². The molecule has 4 nitrogen and oxygen atoms in total. The van der Waals surface area contributed by atoms with Gasteiger partial charge in [-0.1, -0.05) is 30.3 Å². The van der Waals surface area contributed by atoms with Crippen molar-refractivity contribution in [2.75, 3.05) is 31.7 Å². The van der Waals surface area contributed by atoms with E-state index in [0.717, 1.165) is 35.7 Å². The van der Waals surface area contributed by atoms with Crippen LogP contribution in [0.25, 0.3) is 0 Å². The minimum absolute atomic E-state index is 0.0468. The van der Waals surface area contributed by atoms with Crippen molar-refractivity contribution in [3.8, 4) is 11.5 Å². The second kappa shape index (κ2) is 8.99. The summed E-state index contributed by atoms with van der Waals surface area (Å²) in [7, 11) is 1.62. The highest BCUT2D eigenvalue weighted by Crippen LogP contribution is 2.37. The van der Waals surface area contributed by atoms with Gasteiger partial charge in [0.25, 0.3) is 0 Å². The Morgan fingerprint density at radius 3 is 2.62 bits per heavy atom. The van der Waals surface area contributed by atoms with Crippen LogP contribution >= 0.6 is 11.8 Å². The molecule has 0 radical (unpaired) electrons. The maximum atomic E-state index is 12.6. The molecule has 1 fully saturated rings. The smallest absolute Gasteiger partial charge is 0.222 e. The summed E-state index contributed by atoms with van der Waals surface area (Å²) in [4.78, 5) is 14.6. The molecule has 0 aliphatic carbocycles. The van der Waals surface area contributed by atoms with E-state index >= 15 is 0 Å². The Kier molecular flexibility index (Phi) is 6.45. The molecule has 3 rings (SSSR count). The first-order valence-corrected chi connectivity index (χ1v) is 10.1. The Morgan fingerprint density at radius 1 is 1.19 bits per heavy atom. The molecule has 2 aromatic carbocycles. The molecule has 1 saturated heterocycles. The Morgan fingerprint density at radius 2 is 1.92 bits per heavy atom. The molecular formula is C21H25NO3S. The summed E-state index contributed by atoms with van der Waals surface area (Å²) in [5.41, 5.74) is 1.90. The number of thioether (sulfide) groups is 1. The van der Waals surface area contributed by atoms with Crippen molar-refractivity contribution in [1.29, 1.82) is 0 Å². The molecule has 138 valence electrons. The summed E-state index contributed by atoms with van der Waals surface area (Å²) in [6, 6.07) is 15.3. The van der Waals surface area contributed by atoms with Crippen LogP contribution in [-0.4, -0.2) is 47.6 Å². The summed E-state index contributed by atoms with van der Waals surface area (Å²) in [5.74, 6) is 3.14. The number of carbonyl (C=O) groups is 1. The van der Waals surface area contributed by atoms with Crippen LogP contribution in [-0.2, 0) is 4.79 Å². The van der Waals surface area contributed by atoms with Crippen molar-refractivity contribution in [2.24, 2.45) is 0 Å². The third-order valence-corrected chi connectivity index (χ3v) is 5.77. The van der Waals surface area contributed by atoms with Gasteiger partial charge in [0.05, 0.1) is 7.11 Å². The summed E-state index contributed by atoms with van der Waals surface area (Å²) >= 11 is 1.90. The van der Waals surface area contributed by atoms with E-state index in [1.807, 2.05) is 53.1 Å². The standard InChI is InChI=1S/C21H25NO3S/c1-25-17-7-9-20(23)19(15-17)18(16-5-3-2-4-6-16)8-10-21(24)22-11-13-26-14-12-22/h2-7,9,15,18,23H,8,10-14H2,1H3. The predicted octanol–water partition coefficient (Wildman–Crippen LogP) is 3.89. The normalized spacial score (nSPS) is 15.5. The zero-order chi connectivity index (χ0) is 18.4. The van der Waals surface area contributed by atoms with Crippen molar-refractivity contribution in [2.45, 2.75) is 18.8 Å². The highest BCUT2D eigenvalue weighted by Gasteiger charge is 2.22. The van der Waals surface area contributed by atoms with Crippen LogP contribution in [0.5, 0.6) is 11.5 Å². The topological polar surface area (TPSA) is 49.8 Å². The van der Waals surface area contributed by atoms with Crippen LogP contribution in [0.4, 0.5) is 0 Å². The molecule has 1 heterocycles. The van der Waals surface area contributed by atoms with E-state index in [4.69, 9.17) is 4.74 Å². The molecule has 2 aromatic rings. The van der Waals surface area contributed by atoms with Crippen molar-refractivity contribution in [3.63, 3.8) is 0 Å². The van der Waals surface area contributed by atoms with E-state index in [1.54, 1.807) is 19.2 Å². The fraction of sp³-hybridized carbons (Fsp3) is 0.381. The number of amides is 1. The molecule has 0 bridgehead atoms. The van der Waals surface area contributed by atoms with Gasteiger partial charge < -0.3 is 14.7 Å². The lowest BCUT2D eigenvalue weighted by Crippen LogP contribution is -2.37. The number of aromatic hydroxyl groups is 1. The van der Waals surface area contributed by atoms with E-state index < -0.39 is 0 Å². The molecule has 1 unspecified atom stereocenters. The zero-order valence-corrected chi connectivity index (χ0v) is 15.9. The fourth-order valence-corrected chi connectivity index (χ4v) is 4.27. The van der Waals surface area contributed by atoms with Crippen molar-refractivity contribution >= 4 is 17.7 Å². The highest BCUT2D eigenvalue weighted by atomic mass is 32.2. The number of phenols is 1. The van der Waals surface area contributed by atoms with E-state index in [1.165, 1.54) is 0 Å². The van der Waals surface area contributed by atoms with E-state index in [9.17, 15) is 9.90 Å². The van der Waals surface area contributed by atoms with Crippen LogP contribution < -0.4 is 4.74 Å². The lowest BCUT2D eigenvalue weighted by atomic mass is 9.86. The number of ether oxygens (including phenoxy) is 1. The Hall–Kier alpha value is -2.14. The SMILES string of the molecule is COc1ccc(O)c(C(CCC(=O)N2CCSCC2)c2ccccc2)c1. The molecule has 0 aromatic heterocycles. The molecule has 1 N–H and O–H groups in total. The molecule has 1 atom stereocenters. The molecule has 1 aliphatic heterocycles. The number of carbonyl (C=O) groups excluding carboxylic acids is 1. The van der Waals surface area contributed by atoms with Crippen LogP contribution in [0.3, 0.4) is 0 Å². The first-order valence-electron chi connectivity index (χ1n) is 8.96. The monoisotopic (exact) mass is 371 g/mol. The maximum absolute atomic E-state index is 12.6. The van der Waals surface area contributed by atoms with Gasteiger partial charge in [-0.2, -0.15) is 11.8 Å². The molecule has 1 amide bonds. The van der Waals surface area contributed by atoms with Gasteiger partial charge in [0.2, 0.25) is 5.91 Å². The second-order valence-corrected chi connectivity index (χ2v) is 7.64. The molecule has 1 aliphatic rings. The lowest BCUT2D eigenvalue weighted by molar-refractivity contribution is -0.130. The summed E-state index contributed by atoms with van der Waals surface area (Å²) < 4.78 is 5.33. The van der Waals surface area contributed by atoms with Gasteiger partial charge in [0, 0.05) is 42.5 Å². The quantitative estimate of drug-likeness (QED) is 0.837.